The van der Waals surface area contributed by atoms with E-state index in [9.17, 15) is 0 Å². The summed E-state index contributed by atoms with van der Waals surface area (Å²) in [6, 6.07) is 19.5. The highest BCUT2D eigenvalue weighted by atomic mass is 16.5. The van der Waals surface area contributed by atoms with Crippen molar-refractivity contribution in [3.05, 3.63) is 65.7 Å². The van der Waals surface area contributed by atoms with Gasteiger partial charge in [-0.2, -0.15) is 0 Å². The number of para-hydroxylation sites is 1. The Morgan fingerprint density at radius 2 is 1.72 bits per heavy atom. The molecule has 0 spiro atoms. The zero-order valence-corrected chi connectivity index (χ0v) is 20.5. The van der Waals surface area contributed by atoms with Crippen molar-refractivity contribution in [3.63, 3.8) is 0 Å². The summed E-state index contributed by atoms with van der Waals surface area (Å²) in [5.74, 6) is 8.38. The molecule has 1 unspecified atom stereocenters. The Hall–Kier alpha value is -2.28. The minimum atomic E-state index is -0.434. The molecule has 0 aromatic heterocycles. The lowest BCUT2D eigenvalue weighted by atomic mass is 9.73. The third-order valence-corrected chi connectivity index (χ3v) is 7.60. The van der Waals surface area contributed by atoms with Gasteiger partial charge in [0.15, 0.2) is 0 Å². The Balaban J connectivity index is 1.53. The molecule has 3 nitrogen and oxygen atoms in total. The van der Waals surface area contributed by atoms with Crippen molar-refractivity contribution in [2.75, 3.05) is 13.6 Å². The lowest BCUT2D eigenvalue weighted by Crippen LogP contribution is -2.51. The first-order valence-corrected chi connectivity index (χ1v) is 12.0. The number of fused-ring (bicyclic) bond motifs is 3. The van der Waals surface area contributed by atoms with E-state index in [1.807, 2.05) is 6.07 Å². The molecule has 2 aliphatic heterocycles. The molecule has 0 N–H and O–H groups in total. The van der Waals surface area contributed by atoms with E-state index >= 15 is 0 Å². The summed E-state index contributed by atoms with van der Waals surface area (Å²) in [6.07, 6.45) is 2.01. The monoisotopic (exact) mass is 432 g/mol. The number of ether oxygens (including phenoxy) is 2. The minimum Gasteiger partial charge on any atom is -0.487 e. The maximum atomic E-state index is 6.77. The van der Waals surface area contributed by atoms with Gasteiger partial charge in [-0.05, 0) is 59.4 Å². The Morgan fingerprint density at radius 3 is 2.44 bits per heavy atom. The van der Waals surface area contributed by atoms with Crippen molar-refractivity contribution in [3.8, 4) is 17.6 Å². The summed E-state index contributed by atoms with van der Waals surface area (Å²) in [6.45, 7) is 12.9. The molecule has 0 amide bonds. The molecule has 32 heavy (non-hydrogen) atoms. The van der Waals surface area contributed by atoms with E-state index in [1.54, 1.807) is 0 Å². The van der Waals surface area contributed by atoms with Gasteiger partial charge in [-0.15, -0.1) is 0 Å². The first-order valence-electron chi connectivity index (χ1n) is 12.0. The predicted molar refractivity (Wildman–Crippen MR) is 130 cm³/mol. The SMILES string of the molecule is CC(C)[N+](C)(CC#C[C@@]1(C)CC[C@@H]2[C@@H](O1)c1ccccc1OC2(C)C)Cc1ccccc1. The molecule has 1 saturated heterocycles. The van der Waals surface area contributed by atoms with Gasteiger partial charge in [0.1, 0.15) is 30.0 Å². The number of benzene rings is 2. The normalized spacial score (nSPS) is 27.8. The smallest absolute Gasteiger partial charge is 0.141 e. The van der Waals surface area contributed by atoms with Gasteiger partial charge in [-0.1, -0.05) is 54.5 Å². The van der Waals surface area contributed by atoms with Crippen molar-refractivity contribution < 1.29 is 14.0 Å². The topological polar surface area (TPSA) is 18.5 Å². The van der Waals surface area contributed by atoms with Gasteiger partial charge in [-0.25, -0.2) is 0 Å². The van der Waals surface area contributed by atoms with Crippen LogP contribution in [0, 0.1) is 17.8 Å². The highest BCUT2D eigenvalue weighted by Crippen LogP contribution is 2.52. The van der Waals surface area contributed by atoms with E-state index in [4.69, 9.17) is 9.47 Å². The van der Waals surface area contributed by atoms with E-state index in [0.717, 1.165) is 41.7 Å². The molecular formula is C29H38NO2+. The van der Waals surface area contributed by atoms with Crippen LogP contribution in [0.15, 0.2) is 54.6 Å². The molecule has 4 atom stereocenters. The molecule has 4 rings (SSSR count). The average molecular weight is 433 g/mol. The number of hydrogen-bond acceptors (Lipinski definition) is 2. The fourth-order valence-corrected chi connectivity index (χ4v) is 5.08. The zero-order valence-electron chi connectivity index (χ0n) is 20.5. The zero-order chi connectivity index (χ0) is 23.0. The van der Waals surface area contributed by atoms with E-state index in [-0.39, 0.29) is 11.7 Å². The minimum absolute atomic E-state index is 0.0262. The van der Waals surface area contributed by atoms with Gasteiger partial charge in [0.25, 0.3) is 0 Å². The van der Waals surface area contributed by atoms with Crippen molar-refractivity contribution in [1.29, 1.82) is 0 Å². The van der Waals surface area contributed by atoms with Gasteiger partial charge in [0, 0.05) is 17.0 Å². The summed E-state index contributed by atoms with van der Waals surface area (Å²) in [5.41, 5.74) is 1.85. The molecule has 0 bridgehead atoms. The van der Waals surface area contributed by atoms with E-state index < -0.39 is 5.60 Å². The van der Waals surface area contributed by atoms with Crippen LogP contribution in [0.5, 0.6) is 5.75 Å². The summed E-state index contributed by atoms with van der Waals surface area (Å²) < 4.78 is 14.0. The van der Waals surface area contributed by atoms with Crippen LogP contribution in [-0.4, -0.2) is 35.3 Å². The Morgan fingerprint density at radius 1 is 1.03 bits per heavy atom. The van der Waals surface area contributed by atoms with Crippen molar-refractivity contribution in [2.45, 2.75) is 77.4 Å². The molecule has 2 aromatic carbocycles. The molecular weight excluding hydrogens is 394 g/mol. The first kappa shape index (κ1) is 22.9. The van der Waals surface area contributed by atoms with Gasteiger partial charge in [0.2, 0.25) is 0 Å². The van der Waals surface area contributed by atoms with Crippen LogP contribution in [0.2, 0.25) is 0 Å². The van der Waals surface area contributed by atoms with Crippen LogP contribution in [-0.2, 0) is 11.3 Å². The number of hydrogen-bond donors (Lipinski definition) is 0. The molecule has 2 aromatic rings. The van der Waals surface area contributed by atoms with E-state index in [1.165, 1.54) is 5.56 Å². The lowest BCUT2D eigenvalue weighted by Gasteiger charge is -2.50. The van der Waals surface area contributed by atoms with E-state index in [0.29, 0.717) is 12.0 Å². The molecule has 0 saturated carbocycles. The second kappa shape index (κ2) is 8.58. The van der Waals surface area contributed by atoms with Gasteiger partial charge < -0.3 is 14.0 Å². The first-order chi connectivity index (χ1) is 15.1. The van der Waals surface area contributed by atoms with Gasteiger partial charge in [-0.3, -0.25) is 0 Å². The lowest BCUT2D eigenvalue weighted by molar-refractivity contribution is -0.936. The Labute approximate surface area is 194 Å². The van der Waals surface area contributed by atoms with Gasteiger partial charge in [0.05, 0.1) is 19.2 Å². The Kier molecular flexibility index (Phi) is 6.14. The summed E-state index contributed by atoms with van der Waals surface area (Å²) >= 11 is 0. The molecule has 2 aliphatic rings. The maximum Gasteiger partial charge on any atom is 0.141 e. The molecule has 1 fully saturated rings. The summed E-state index contributed by atoms with van der Waals surface area (Å²) in [4.78, 5) is 0. The molecule has 0 radical (unpaired) electrons. The van der Waals surface area contributed by atoms with Crippen molar-refractivity contribution in [1.82, 2.24) is 0 Å². The second-order valence-electron chi connectivity index (χ2n) is 10.8. The number of quaternary nitrogens is 1. The van der Waals surface area contributed by atoms with Crippen LogP contribution in [0.1, 0.15) is 64.7 Å². The van der Waals surface area contributed by atoms with Crippen LogP contribution >= 0.6 is 0 Å². The van der Waals surface area contributed by atoms with Crippen molar-refractivity contribution in [2.24, 2.45) is 5.92 Å². The molecule has 170 valence electrons. The predicted octanol–water partition coefficient (Wildman–Crippen LogP) is 6.14. The summed E-state index contributed by atoms with van der Waals surface area (Å²) in [5, 5.41) is 0. The Bertz CT molecular complexity index is 1000. The standard InChI is InChI=1S/C29H38NO2/c1-22(2)30(6,21-23-13-8-7-9-14-23)20-12-18-29(5)19-17-25-27(32-29)24-15-10-11-16-26(24)31-28(25,3)4/h7-11,13-16,22,25,27H,17,19-21H2,1-6H3/q+1/t25-,27+,29+,30?/m1/s1. The fraction of sp³-hybridized carbons (Fsp3) is 0.517. The summed E-state index contributed by atoms with van der Waals surface area (Å²) in [7, 11) is 2.31. The maximum absolute atomic E-state index is 6.77. The largest absolute Gasteiger partial charge is 0.487 e. The third kappa shape index (κ3) is 4.58. The highest BCUT2D eigenvalue weighted by Gasteiger charge is 2.50. The molecule has 0 aliphatic carbocycles. The van der Waals surface area contributed by atoms with Gasteiger partial charge >= 0.3 is 0 Å². The molecule has 3 heteroatoms. The van der Waals surface area contributed by atoms with Crippen LogP contribution in [0.4, 0.5) is 0 Å². The number of nitrogens with zero attached hydrogens (tertiary/aromatic N) is 1. The average Bonchev–Trinajstić information content (AvgIpc) is 2.73. The van der Waals surface area contributed by atoms with Crippen LogP contribution in [0.3, 0.4) is 0 Å². The quantitative estimate of drug-likeness (QED) is 0.427. The van der Waals surface area contributed by atoms with Crippen LogP contribution in [0.25, 0.3) is 0 Å². The molecule has 2 heterocycles. The van der Waals surface area contributed by atoms with Crippen LogP contribution < -0.4 is 4.74 Å². The van der Waals surface area contributed by atoms with E-state index in [2.05, 4.69) is 102 Å². The second-order valence-corrected chi connectivity index (χ2v) is 10.8. The fourth-order valence-electron chi connectivity index (χ4n) is 5.08. The highest BCUT2D eigenvalue weighted by molar-refractivity contribution is 5.39. The third-order valence-electron chi connectivity index (χ3n) is 7.60. The van der Waals surface area contributed by atoms with Crippen molar-refractivity contribution >= 4 is 0 Å². The number of rotatable bonds is 4.